The van der Waals surface area contributed by atoms with Crippen LogP contribution in [0, 0.1) is 17.8 Å². The second-order valence-corrected chi connectivity index (χ2v) is 5.93. The van der Waals surface area contributed by atoms with Crippen LogP contribution in [0.1, 0.15) is 45.4 Å². The summed E-state index contributed by atoms with van der Waals surface area (Å²) in [5.41, 5.74) is 0. The third-order valence-corrected chi connectivity index (χ3v) is 4.79. The molecule has 2 aliphatic rings. The van der Waals surface area contributed by atoms with Crippen LogP contribution in [0.3, 0.4) is 0 Å². The number of Topliss-reactive ketones (excluding diaryl/α,β-unsaturated/α-hetero) is 1. The lowest BCUT2D eigenvalue weighted by molar-refractivity contribution is -0.132. The molecule has 0 aliphatic heterocycles. The summed E-state index contributed by atoms with van der Waals surface area (Å²) in [7, 11) is 0. The Morgan fingerprint density at radius 3 is 2.88 bits per heavy atom. The number of fused-ring (bicyclic) bond motifs is 1. The molecule has 0 amide bonds. The van der Waals surface area contributed by atoms with Crippen molar-refractivity contribution in [3.8, 4) is 0 Å². The van der Waals surface area contributed by atoms with Crippen LogP contribution in [0.15, 0.2) is 0 Å². The molecule has 0 aromatic carbocycles. The van der Waals surface area contributed by atoms with E-state index >= 15 is 0 Å². The first kappa shape index (κ1) is 12.4. The Morgan fingerprint density at radius 1 is 1.44 bits per heavy atom. The summed E-state index contributed by atoms with van der Waals surface area (Å²) in [6.07, 6.45) is 6.40. The van der Waals surface area contributed by atoms with Gasteiger partial charge in [0.15, 0.2) is 5.78 Å². The summed E-state index contributed by atoms with van der Waals surface area (Å²) in [5, 5.41) is 8.97. The molecule has 0 radical (unpaired) electrons. The first-order chi connectivity index (χ1) is 7.61. The van der Waals surface area contributed by atoms with Crippen molar-refractivity contribution in [2.75, 3.05) is 0 Å². The Bertz CT molecular complexity index is 265. The Labute approximate surface area is 102 Å². The molecule has 2 aliphatic carbocycles. The van der Waals surface area contributed by atoms with Gasteiger partial charge in [0.25, 0.3) is 0 Å². The fourth-order valence-electron chi connectivity index (χ4n) is 3.34. The average molecular weight is 245 g/mol. The van der Waals surface area contributed by atoms with Gasteiger partial charge in [-0.1, -0.05) is 19.3 Å². The molecule has 1 N–H and O–H groups in total. The highest BCUT2D eigenvalue weighted by Crippen LogP contribution is 2.52. The van der Waals surface area contributed by atoms with Crippen LogP contribution in [-0.2, 0) is 4.79 Å². The lowest BCUT2D eigenvalue weighted by Crippen LogP contribution is -2.48. The molecule has 2 fully saturated rings. The minimum atomic E-state index is -0.186. The maximum absolute atomic E-state index is 11.4. The van der Waals surface area contributed by atoms with E-state index in [9.17, 15) is 4.79 Å². The molecule has 0 aromatic rings. The number of aliphatic hydroxyl groups excluding tert-OH is 1. The van der Waals surface area contributed by atoms with Crippen molar-refractivity contribution >= 4 is 17.4 Å². The summed E-state index contributed by atoms with van der Waals surface area (Å²) in [5.74, 6) is 1.72. The molecule has 92 valence electrons. The fraction of sp³-hybridized carbons (Fsp3) is 0.923. The number of aliphatic hydroxyl groups is 1. The number of halogens is 1. The van der Waals surface area contributed by atoms with Gasteiger partial charge in [0.2, 0.25) is 0 Å². The number of hydrogen-bond donors (Lipinski definition) is 1. The van der Waals surface area contributed by atoms with Crippen LogP contribution in [0.2, 0.25) is 0 Å². The van der Waals surface area contributed by atoms with Crippen LogP contribution >= 0.6 is 11.6 Å². The molecule has 0 bridgehead atoms. The van der Waals surface area contributed by atoms with Crippen LogP contribution < -0.4 is 0 Å². The Hall–Kier alpha value is -0.0800. The summed E-state index contributed by atoms with van der Waals surface area (Å²) < 4.78 is 0. The van der Waals surface area contributed by atoms with Gasteiger partial charge in [0, 0.05) is 5.92 Å². The lowest BCUT2D eigenvalue weighted by atomic mass is 9.70. The van der Waals surface area contributed by atoms with E-state index in [-0.39, 0.29) is 17.3 Å². The number of carbonyl (C=O) groups excluding carboxylic acids is 1. The van der Waals surface area contributed by atoms with E-state index in [2.05, 4.69) is 0 Å². The summed E-state index contributed by atoms with van der Waals surface area (Å²) >= 11 is 6.07. The SMILES string of the molecule is CC(O)CCCCC1CCC2C(=O)C(Cl)C12. The smallest absolute Gasteiger partial charge is 0.154 e. The topological polar surface area (TPSA) is 37.3 Å². The van der Waals surface area contributed by atoms with E-state index in [4.69, 9.17) is 16.7 Å². The maximum Gasteiger partial charge on any atom is 0.154 e. The van der Waals surface area contributed by atoms with Gasteiger partial charge in [-0.05, 0) is 38.0 Å². The molecule has 16 heavy (non-hydrogen) atoms. The zero-order chi connectivity index (χ0) is 11.7. The van der Waals surface area contributed by atoms with Crippen LogP contribution in [-0.4, -0.2) is 22.4 Å². The van der Waals surface area contributed by atoms with Crippen molar-refractivity contribution in [2.45, 2.75) is 56.9 Å². The Kier molecular flexibility index (Phi) is 3.91. The molecule has 2 rings (SSSR count). The summed E-state index contributed by atoms with van der Waals surface area (Å²) in [6, 6.07) is 0. The van der Waals surface area contributed by atoms with Crippen molar-refractivity contribution in [1.29, 1.82) is 0 Å². The molecule has 5 unspecified atom stereocenters. The Morgan fingerprint density at radius 2 is 2.19 bits per heavy atom. The minimum Gasteiger partial charge on any atom is -0.393 e. The highest BCUT2D eigenvalue weighted by Gasteiger charge is 2.54. The highest BCUT2D eigenvalue weighted by atomic mass is 35.5. The van der Waals surface area contributed by atoms with Crippen LogP contribution in [0.25, 0.3) is 0 Å². The highest BCUT2D eigenvalue weighted by molar-refractivity contribution is 6.34. The van der Waals surface area contributed by atoms with Gasteiger partial charge in [-0.15, -0.1) is 11.6 Å². The van der Waals surface area contributed by atoms with E-state index in [0.717, 1.165) is 25.7 Å². The van der Waals surface area contributed by atoms with Gasteiger partial charge >= 0.3 is 0 Å². The van der Waals surface area contributed by atoms with Crippen molar-refractivity contribution in [1.82, 2.24) is 0 Å². The van der Waals surface area contributed by atoms with Gasteiger partial charge in [-0.2, -0.15) is 0 Å². The summed E-state index contributed by atoms with van der Waals surface area (Å²) in [6.45, 7) is 1.84. The normalized spacial score (nSPS) is 39.3. The number of rotatable bonds is 5. The fourth-order valence-corrected chi connectivity index (χ4v) is 3.88. The van der Waals surface area contributed by atoms with E-state index in [1.165, 1.54) is 12.8 Å². The molecule has 2 nitrogen and oxygen atoms in total. The zero-order valence-corrected chi connectivity index (χ0v) is 10.6. The van der Waals surface area contributed by atoms with Gasteiger partial charge < -0.3 is 5.11 Å². The maximum atomic E-state index is 11.4. The van der Waals surface area contributed by atoms with Gasteiger partial charge in [-0.25, -0.2) is 0 Å². The van der Waals surface area contributed by atoms with Crippen molar-refractivity contribution in [3.05, 3.63) is 0 Å². The molecule has 3 heteroatoms. The molecule has 0 heterocycles. The summed E-state index contributed by atoms with van der Waals surface area (Å²) in [4.78, 5) is 11.4. The zero-order valence-electron chi connectivity index (χ0n) is 9.86. The molecular weight excluding hydrogens is 224 g/mol. The number of ketones is 1. The second-order valence-electron chi connectivity index (χ2n) is 5.46. The molecule has 2 saturated carbocycles. The van der Waals surface area contributed by atoms with Crippen LogP contribution in [0.5, 0.6) is 0 Å². The monoisotopic (exact) mass is 244 g/mol. The predicted molar refractivity (Wildman–Crippen MR) is 64.5 cm³/mol. The lowest BCUT2D eigenvalue weighted by Gasteiger charge is -2.37. The standard InChI is InChI=1S/C13H21ClO2/c1-8(15)4-2-3-5-9-6-7-10-11(9)12(14)13(10)16/h8-12,15H,2-7H2,1H3. The average Bonchev–Trinajstić information content (AvgIpc) is 2.63. The predicted octanol–water partition coefficient (Wildman–Crippen LogP) is 2.76. The van der Waals surface area contributed by atoms with Crippen molar-refractivity contribution < 1.29 is 9.90 Å². The first-order valence-corrected chi connectivity index (χ1v) is 6.90. The third kappa shape index (κ3) is 2.28. The minimum absolute atomic E-state index is 0.178. The molecule has 0 saturated heterocycles. The van der Waals surface area contributed by atoms with E-state index < -0.39 is 0 Å². The van der Waals surface area contributed by atoms with Crippen molar-refractivity contribution in [2.24, 2.45) is 17.8 Å². The molecule has 0 spiro atoms. The van der Waals surface area contributed by atoms with Gasteiger partial charge in [0.1, 0.15) is 0 Å². The van der Waals surface area contributed by atoms with Crippen molar-refractivity contribution in [3.63, 3.8) is 0 Å². The third-order valence-electron chi connectivity index (χ3n) is 4.28. The number of alkyl halides is 1. The molecule has 5 atom stereocenters. The first-order valence-electron chi connectivity index (χ1n) is 6.47. The van der Waals surface area contributed by atoms with E-state index in [1.807, 2.05) is 6.92 Å². The molecule has 0 aromatic heterocycles. The Balaban J connectivity index is 1.70. The van der Waals surface area contributed by atoms with E-state index in [0.29, 0.717) is 17.8 Å². The van der Waals surface area contributed by atoms with Gasteiger partial charge in [0.05, 0.1) is 11.5 Å². The molecular formula is C13H21ClO2. The van der Waals surface area contributed by atoms with Crippen LogP contribution in [0.4, 0.5) is 0 Å². The number of hydrogen-bond acceptors (Lipinski definition) is 2. The van der Waals surface area contributed by atoms with Gasteiger partial charge in [-0.3, -0.25) is 4.79 Å². The second kappa shape index (κ2) is 5.05. The number of carbonyl (C=O) groups is 1. The quantitative estimate of drug-likeness (QED) is 0.597. The largest absolute Gasteiger partial charge is 0.393 e. The number of unbranched alkanes of at least 4 members (excludes halogenated alkanes) is 1. The van der Waals surface area contributed by atoms with E-state index in [1.54, 1.807) is 0 Å².